The van der Waals surface area contributed by atoms with Crippen molar-refractivity contribution < 1.29 is 9.18 Å². The van der Waals surface area contributed by atoms with Gasteiger partial charge in [-0.1, -0.05) is 29.0 Å². The van der Waals surface area contributed by atoms with Gasteiger partial charge in [0, 0.05) is 18.0 Å². The lowest BCUT2D eigenvalue weighted by atomic mass is 10.3. The largest absolute Gasteiger partial charge is 0.308 e. The number of anilines is 1. The second-order valence-electron chi connectivity index (χ2n) is 5.81. The van der Waals surface area contributed by atoms with E-state index in [9.17, 15) is 9.18 Å². The van der Waals surface area contributed by atoms with E-state index in [1.165, 1.54) is 28.7 Å². The van der Waals surface area contributed by atoms with Crippen molar-refractivity contribution in [1.82, 2.24) is 9.88 Å². The Labute approximate surface area is 170 Å². The highest BCUT2D eigenvalue weighted by Gasteiger charge is 2.21. The fourth-order valence-corrected chi connectivity index (χ4v) is 4.44. The average molecular weight is 434 g/mol. The SMILES string of the molecule is CN(C)CCN(C(=O)Cc1ccc(Cl)s1)c1nc2c(F)cccc2s1.Cl. The molecule has 2 aromatic heterocycles. The Kier molecular flexibility index (Phi) is 7.37. The number of hydrogen-bond donors (Lipinski definition) is 0. The number of likely N-dealkylation sites (N-methyl/N-ethyl adjacent to an activating group) is 1. The minimum Gasteiger partial charge on any atom is -0.308 e. The van der Waals surface area contributed by atoms with Gasteiger partial charge in [0.15, 0.2) is 5.13 Å². The Balaban J connectivity index is 0.00000243. The molecule has 0 radical (unpaired) electrons. The lowest BCUT2D eigenvalue weighted by Crippen LogP contribution is -2.37. The molecule has 2 heterocycles. The molecule has 0 unspecified atom stereocenters. The van der Waals surface area contributed by atoms with Gasteiger partial charge in [0.2, 0.25) is 5.91 Å². The van der Waals surface area contributed by atoms with Crippen LogP contribution in [0.5, 0.6) is 0 Å². The summed E-state index contributed by atoms with van der Waals surface area (Å²) in [6.07, 6.45) is 0.253. The molecule has 0 aliphatic carbocycles. The highest BCUT2D eigenvalue weighted by molar-refractivity contribution is 7.22. The lowest BCUT2D eigenvalue weighted by molar-refractivity contribution is -0.118. The molecule has 9 heteroatoms. The molecular formula is C17H18Cl2FN3OS2. The van der Waals surface area contributed by atoms with E-state index in [4.69, 9.17) is 11.6 Å². The van der Waals surface area contributed by atoms with Gasteiger partial charge in [0.25, 0.3) is 0 Å². The van der Waals surface area contributed by atoms with Gasteiger partial charge in [-0.3, -0.25) is 9.69 Å². The molecule has 0 fully saturated rings. The molecule has 1 amide bonds. The molecule has 1 aromatic carbocycles. The standard InChI is InChI=1S/C17H17ClFN3OS2.ClH/c1-21(2)8-9-22(15(23)10-11-6-7-14(18)24-11)17-20-16-12(19)4-3-5-13(16)25-17;/h3-7H,8-10H2,1-2H3;1H. The number of benzene rings is 1. The van der Waals surface area contributed by atoms with Crippen molar-refractivity contribution in [2.45, 2.75) is 6.42 Å². The fourth-order valence-electron chi connectivity index (χ4n) is 2.34. The van der Waals surface area contributed by atoms with Crippen LogP contribution in [0.1, 0.15) is 4.88 Å². The maximum atomic E-state index is 13.9. The summed E-state index contributed by atoms with van der Waals surface area (Å²) in [6, 6.07) is 8.48. The van der Waals surface area contributed by atoms with Gasteiger partial charge in [0.1, 0.15) is 11.3 Å². The maximum absolute atomic E-state index is 13.9. The first-order valence-corrected chi connectivity index (χ1v) is 9.69. The summed E-state index contributed by atoms with van der Waals surface area (Å²) in [5, 5.41) is 0.523. The van der Waals surface area contributed by atoms with Gasteiger partial charge in [-0.15, -0.1) is 23.7 Å². The van der Waals surface area contributed by atoms with E-state index in [1.54, 1.807) is 17.0 Å². The minimum atomic E-state index is -0.370. The topological polar surface area (TPSA) is 36.4 Å². The predicted molar refractivity (Wildman–Crippen MR) is 111 cm³/mol. The van der Waals surface area contributed by atoms with E-state index in [0.717, 1.165) is 9.58 Å². The summed E-state index contributed by atoms with van der Waals surface area (Å²) in [4.78, 5) is 21.7. The highest BCUT2D eigenvalue weighted by Crippen LogP contribution is 2.31. The van der Waals surface area contributed by atoms with Gasteiger partial charge < -0.3 is 4.90 Å². The first-order chi connectivity index (χ1) is 11.9. The molecule has 26 heavy (non-hydrogen) atoms. The maximum Gasteiger partial charge on any atom is 0.234 e. The molecule has 0 aliphatic rings. The number of hydrogen-bond acceptors (Lipinski definition) is 5. The van der Waals surface area contributed by atoms with Crippen LogP contribution >= 0.6 is 46.7 Å². The molecule has 0 atom stereocenters. The zero-order valence-electron chi connectivity index (χ0n) is 14.2. The number of amides is 1. The average Bonchev–Trinajstić information content (AvgIpc) is 3.14. The molecule has 0 saturated carbocycles. The van der Waals surface area contributed by atoms with Crippen LogP contribution in [0.4, 0.5) is 9.52 Å². The number of thiophene rings is 1. The van der Waals surface area contributed by atoms with Crippen LogP contribution in [-0.4, -0.2) is 43.0 Å². The van der Waals surface area contributed by atoms with Crippen molar-refractivity contribution in [3.05, 3.63) is 45.4 Å². The number of para-hydroxylation sites is 1. The smallest absolute Gasteiger partial charge is 0.234 e. The van der Waals surface area contributed by atoms with Gasteiger partial charge >= 0.3 is 0 Å². The predicted octanol–water partition coefficient (Wildman–Crippen LogP) is 4.71. The Hall–Kier alpha value is -1.25. The minimum absolute atomic E-state index is 0. The summed E-state index contributed by atoms with van der Waals surface area (Å²) in [5.74, 6) is -0.440. The quantitative estimate of drug-likeness (QED) is 0.564. The van der Waals surface area contributed by atoms with Crippen molar-refractivity contribution in [3.63, 3.8) is 0 Å². The Morgan fingerprint density at radius 1 is 1.19 bits per heavy atom. The van der Waals surface area contributed by atoms with Crippen LogP contribution in [0.15, 0.2) is 30.3 Å². The molecule has 0 spiro atoms. The van der Waals surface area contributed by atoms with Crippen molar-refractivity contribution in [1.29, 1.82) is 0 Å². The van der Waals surface area contributed by atoms with E-state index in [2.05, 4.69) is 4.98 Å². The first kappa shape index (κ1) is 21.1. The number of fused-ring (bicyclic) bond motifs is 1. The summed E-state index contributed by atoms with van der Waals surface area (Å²) in [5.41, 5.74) is 0.310. The van der Waals surface area contributed by atoms with Crippen LogP contribution in [0.2, 0.25) is 4.34 Å². The highest BCUT2D eigenvalue weighted by atomic mass is 35.5. The molecule has 3 aromatic rings. The van der Waals surface area contributed by atoms with Crippen LogP contribution in [0.25, 0.3) is 10.2 Å². The van der Waals surface area contributed by atoms with Crippen molar-refractivity contribution in [3.8, 4) is 0 Å². The van der Waals surface area contributed by atoms with Gasteiger partial charge in [-0.05, 0) is 38.4 Å². The summed E-state index contributed by atoms with van der Waals surface area (Å²) < 4.78 is 15.3. The summed E-state index contributed by atoms with van der Waals surface area (Å²) in [7, 11) is 3.89. The van der Waals surface area contributed by atoms with E-state index >= 15 is 0 Å². The van der Waals surface area contributed by atoms with Crippen molar-refractivity contribution in [2.24, 2.45) is 0 Å². The Morgan fingerprint density at radius 3 is 2.58 bits per heavy atom. The second-order valence-corrected chi connectivity index (χ2v) is 8.62. The number of carbonyl (C=O) groups is 1. The van der Waals surface area contributed by atoms with Crippen molar-refractivity contribution >= 4 is 67.9 Å². The lowest BCUT2D eigenvalue weighted by Gasteiger charge is -2.21. The van der Waals surface area contributed by atoms with Gasteiger partial charge in [-0.2, -0.15) is 0 Å². The molecular weight excluding hydrogens is 416 g/mol. The third-order valence-electron chi connectivity index (χ3n) is 3.62. The van der Waals surface area contributed by atoms with Crippen LogP contribution in [-0.2, 0) is 11.2 Å². The Morgan fingerprint density at radius 2 is 1.96 bits per heavy atom. The summed E-state index contributed by atoms with van der Waals surface area (Å²) >= 11 is 8.67. The number of aromatic nitrogens is 1. The van der Waals surface area contributed by atoms with Crippen molar-refractivity contribution in [2.75, 3.05) is 32.1 Å². The van der Waals surface area contributed by atoms with E-state index in [1.807, 2.05) is 31.1 Å². The zero-order valence-corrected chi connectivity index (χ0v) is 17.4. The fraction of sp³-hybridized carbons (Fsp3) is 0.294. The Bertz CT molecular complexity index is 897. The van der Waals surface area contributed by atoms with Crippen LogP contribution < -0.4 is 4.90 Å². The van der Waals surface area contributed by atoms with Crippen LogP contribution in [0, 0.1) is 5.82 Å². The van der Waals surface area contributed by atoms with Gasteiger partial charge in [-0.25, -0.2) is 9.37 Å². The molecule has 0 bridgehead atoms. The monoisotopic (exact) mass is 433 g/mol. The molecule has 0 aliphatic heterocycles. The van der Waals surface area contributed by atoms with E-state index in [0.29, 0.717) is 28.1 Å². The van der Waals surface area contributed by atoms with Crippen LogP contribution in [0.3, 0.4) is 0 Å². The molecule has 3 rings (SSSR count). The normalized spacial score (nSPS) is 11.0. The number of halogens is 3. The number of nitrogens with zero attached hydrogens (tertiary/aromatic N) is 3. The number of thiazole rings is 1. The van der Waals surface area contributed by atoms with E-state index in [-0.39, 0.29) is 30.6 Å². The first-order valence-electron chi connectivity index (χ1n) is 7.68. The molecule has 140 valence electrons. The zero-order chi connectivity index (χ0) is 18.0. The van der Waals surface area contributed by atoms with Gasteiger partial charge in [0.05, 0.1) is 15.5 Å². The molecule has 0 N–H and O–H groups in total. The molecule has 4 nitrogen and oxygen atoms in total. The summed E-state index contributed by atoms with van der Waals surface area (Å²) in [6.45, 7) is 1.18. The third kappa shape index (κ3) is 4.92. The second kappa shape index (κ2) is 9.10. The van der Waals surface area contributed by atoms with E-state index < -0.39 is 0 Å². The number of carbonyl (C=O) groups excluding carboxylic acids is 1. The third-order valence-corrected chi connectivity index (χ3v) is 5.89. The molecule has 0 saturated heterocycles. The number of rotatable bonds is 6.